The van der Waals surface area contributed by atoms with Crippen LogP contribution in [0.15, 0.2) is 66.0 Å². The number of benzene rings is 2. The molecule has 9 nitrogen and oxygen atoms in total. The minimum Gasteiger partial charge on any atom is -0.391 e. The predicted molar refractivity (Wildman–Crippen MR) is 136 cm³/mol. The fourth-order valence-corrected chi connectivity index (χ4v) is 3.78. The number of aliphatic hydroxyl groups is 1. The lowest BCUT2D eigenvalue weighted by Crippen LogP contribution is -2.51. The summed E-state index contributed by atoms with van der Waals surface area (Å²) in [7, 11) is 0. The van der Waals surface area contributed by atoms with Gasteiger partial charge >= 0.3 is 0 Å². The molecule has 2 aromatic carbocycles. The highest BCUT2D eigenvalue weighted by molar-refractivity contribution is 7.09. The second-order valence-corrected chi connectivity index (χ2v) is 8.84. The molecule has 186 valence electrons. The largest absolute Gasteiger partial charge is 0.391 e. The van der Waals surface area contributed by atoms with Crippen LogP contribution >= 0.6 is 11.3 Å². The van der Waals surface area contributed by atoms with Crippen LogP contribution in [-0.4, -0.2) is 46.7 Å². The minimum absolute atomic E-state index is 0.133. The molecule has 0 aliphatic carbocycles. The van der Waals surface area contributed by atoms with E-state index in [1.165, 1.54) is 17.3 Å². The maximum absolute atomic E-state index is 12.3. The van der Waals surface area contributed by atoms with Crippen LogP contribution in [0.1, 0.15) is 33.3 Å². The average molecular weight is 507 g/mol. The van der Waals surface area contributed by atoms with Crippen LogP contribution < -0.4 is 21.4 Å². The van der Waals surface area contributed by atoms with Crippen molar-refractivity contribution < 1.29 is 24.7 Å². The molecule has 2 atom stereocenters. The number of aliphatic hydroxyl groups excluding tert-OH is 1. The number of nitrogens with one attached hydrogen (secondary N) is 4. The van der Waals surface area contributed by atoms with Gasteiger partial charge in [-0.15, -0.1) is 11.3 Å². The Morgan fingerprint density at radius 1 is 0.972 bits per heavy atom. The van der Waals surface area contributed by atoms with Crippen molar-refractivity contribution in [2.75, 3.05) is 11.9 Å². The van der Waals surface area contributed by atoms with Gasteiger partial charge < -0.3 is 21.1 Å². The molecule has 3 rings (SSSR count). The minimum atomic E-state index is -1.29. The number of hydrogen-bond donors (Lipinski definition) is 6. The fourth-order valence-electron chi connectivity index (χ4n) is 3.10. The van der Waals surface area contributed by atoms with E-state index in [4.69, 9.17) is 5.21 Å². The Labute approximate surface area is 212 Å². The molecule has 2 unspecified atom stereocenters. The first-order chi connectivity index (χ1) is 17.4. The summed E-state index contributed by atoms with van der Waals surface area (Å²) in [5.74, 6) is 4.39. The van der Waals surface area contributed by atoms with Crippen molar-refractivity contribution in [2.45, 2.75) is 25.6 Å². The SMILES string of the molecule is CC(O)C(NC(=O)c1ccc(C#Cc2ccc(NC(=O)CNCc3cccs3)cc2)cc1)C(=O)NO. The Morgan fingerprint density at radius 3 is 2.17 bits per heavy atom. The van der Waals surface area contributed by atoms with E-state index in [2.05, 4.69) is 27.8 Å². The van der Waals surface area contributed by atoms with Crippen LogP contribution in [0, 0.1) is 11.8 Å². The normalized spacial score (nSPS) is 12.0. The van der Waals surface area contributed by atoms with E-state index in [9.17, 15) is 19.5 Å². The first-order valence-electron chi connectivity index (χ1n) is 11.0. The molecule has 3 amide bonds. The smallest absolute Gasteiger partial charge is 0.268 e. The third kappa shape index (κ3) is 8.04. The molecule has 0 fully saturated rings. The number of hydroxylamine groups is 1. The predicted octanol–water partition coefficient (Wildman–Crippen LogP) is 1.86. The zero-order valence-electron chi connectivity index (χ0n) is 19.4. The van der Waals surface area contributed by atoms with Crippen LogP contribution in [0.25, 0.3) is 0 Å². The molecule has 0 saturated carbocycles. The topological polar surface area (TPSA) is 140 Å². The molecule has 0 bridgehead atoms. The molecule has 6 N–H and O–H groups in total. The Bertz CT molecular complexity index is 1230. The van der Waals surface area contributed by atoms with Gasteiger partial charge in [0, 0.05) is 33.8 Å². The summed E-state index contributed by atoms with van der Waals surface area (Å²) in [6.07, 6.45) is -1.20. The molecule has 3 aromatic rings. The molecule has 36 heavy (non-hydrogen) atoms. The van der Waals surface area contributed by atoms with Crippen LogP contribution in [0.5, 0.6) is 0 Å². The third-order valence-electron chi connectivity index (χ3n) is 4.99. The summed E-state index contributed by atoms with van der Waals surface area (Å²) in [6.45, 7) is 2.18. The van der Waals surface area contributed by atoms with Crippen molar-refractivity contribution in [3.05, 3.63) is 87.6 Å². The first-order valence-corrected chi connectivity index (χ1v) is 11.9. The zero-order chi connectivity index (χ0) is 25.9. The zero-order valence-corrected chi connectivity index (χ0v) is 20.3. The number of carbonyl (C=O) groups excluding carboxylic acids is 3. The van der Waals surface area contributed by atoms with Gasteiger partial charge in [0.25, 0.3) is 11.8 Å². The molecule has 0 radical (unpaired) electrons. The van der Waals surface area contributed by atoms with E-state index >= 15 is 0 Å². The lowest BCUT2D eigenvalue weighted by molar-refractivity contribution is -0.133. The van der Waals surface area contributed by atoms with Gasteiger partial charge in [-0.05, 0) is 66.9 Å². The molecule has 0 saturated heterocycles. The standard InChI is InChI=1S/C26H26N4O5S/c1-17(31)24(26(34)30-35)29-25(33)20-10-6-18(7-11-20)4-5-19-8-12-21(13-9-19)28-23(32)16-27-15-22-3-2-14-36-22/h2-3,6-14,17,24,27,31,35H,15-16H2,1H3,(H,28,32)(H,29,33)(H,30,34). The Morgan fingerprint density at radius 2 is 1.61 bits per heavy atom. The van der Waals surface area contributed by atoms with E-state index in [1.54, 1.807) is 59.9 Å². The van der Waals surface area contributed by atoms with Crippen molar-refractivity contribution in [3.8, 4) is 11.8 Å². The number of rotatable bonds is 9. The average Bonchev–Trinajstić information content (AvgIpc) is 3.40. The highest BCUT2D eigenvalue weighted by Crippen LogP contribution is 2.10. The molecule has 10 heteroatoms. The van der Waals surface area contributed by atoms with E-state index in [0.29, 0.717) is 17.8 Å². The highest BCUT2D eigenvalue weighted by Gasteiger charge is 2.25. The van der Waals surface area contributed by atoms with E-state index < -0.39 is 24.0 Å². The van der Waals surface area contributed by atoms with Crippen molar-refractivity contribution >= 4 is 34.7 Å². The Kier molecular flexibility index (Phi) is 9.73. The van der Waals surface area contributed by atoms with Gasteiger partial charge in [0.15, 0.2) is 0 Å². The quantitative estimate of drug-likeness (QED) is 0.149. The molecule has 0 aliphatic heterocycles. The number of thiophene rings is 1. The van der Waals surface area contributed by atoms with Crippen molar-refractivity contribution in [1.29, 1.82) is 0 Å². The summed E-state index contributed by atoms with van der Waals surface area (Å²) >= 11 is 1.64. The summed E-state index contributed by atoms with van der Waals surface area (Å²) in [5.41, 5.74) is 3.77. The van der Waals surface area contributed by atoms with Gasteiger partial charge in [-0.3, -0.25) is 19.6 Å². The maximum atomic E-state index is 12.3. The lowest BCUT2D eigenvalue weighted by Gasteiger charge is -2.19. The van der Waals surface area contributed by atoms with Crippen LogP contribution in [0.2, 0.25) is 0 Å². The van der Waals surface area contributed by atoms with Crippen molar-refractivity contribution in [1.82, 2.24) is 16.1 Å². The second kappa shape index (κ2) is 13.2. The molecule has 0 aliphatic rings. The molecular weight excluding hydrogens is 480 g/mol. The Balaban J connectivity index is 1.51. The molecule has 1 aromatic heterocycles. The van der Waals surface area contributed by atoms with Crippen LogP contribution in [-0.2, 0) is 16.1 Å². The van der Waals surface area contributed by atoms with E-state index in [-0.39, 0.29) is 18.0 Å². The van der Waals surface area contributed by atoms with Crippen molar-refractivity contribution in [2.24, 2.45) is 0 Å². The first kappa shape index (κ1) is 26.6. The second-order valence-electron chi connectivity index (χ2n) is 7.80. The lowest BCUT2D eigenvalue weighted by atomic mass is 10.1. The van der Waals surface area contributed by atoms with Gasteiger partial charge in [-0.1, -0.05) is 17.9 Å². The third-order valence-corrected chi connectivity index (χ3v) is 5.87. The van der Waals surface area contributed by atoms with Gasteiger partial charge in [0.2, 0.25) is 5.91 Å². The summed E-state index contributed by atoms with van der Waals surface area (Å²) < 4.78 is 0. The van der Waals surface area contributed by atoms with Gasteiger partial charge in [0.1, 0.15) is 6.04 Å². The van der Waals surface area contributed by atoms with Crippen LogP contribution in [0.4, 0.5) is 5.69 Å². The Hall–Kier alpha value is -4.01. The number of amides is 3. The van der Waals surface area contributed by atoms with Gasteiger partial charge in [0.05, 0.1) is 12.6 Å². The van der Waals surface area contributed by atoms with E-state index in [1.807, 2.05) is 17.5 Å². The number of anilines is 1. The maximum Gasteiger partial charge on any atom is 0.268 e. The highest BCUT2D eigenvalue weighted by atomic mass is 32.1. The summed E-state index contributed by atoms with van der Waals surface area (Å²) in [6, 6.07) is 16.2. The van der Waals surface area contributed by atoms with Crippen LogP contribution in [0.3, 0.4) is 0 Å². The van der Waals surface area contributed by atoms with Crippen molar-refractivity contribution in [3.63, 3.8) is 0 Å². The summed E-state index contributed by atoms with van der Waals surface area (Å²) in [5, 5.41) is 28.7. The monoisotopic (exact) mass is 506 g/mol. The fraction of sp³-hybridized carbons (Fsp3) is 0.192. The number of carbonyl (C=O) groups is 3. The van der Waals surface area contributed by atoms with E-state index in [0.717, 1.165) is 5.56 Å². The summed E-state index contributed by atoms with van der Waals surface area (Å²) in [4.78, 5) is 37.2. The molecular formula is C26H26N4O5S. The molecule has 0 spiro atoms. The number of hydrogen-bond acceptors (Lipinski definition) is 7. The molecule has 1 heterocycles. The van der Waals surface area contributed by atoms with Gasteiger partial charge in [-0.25, -0.2) is 5.48 Å². The van der Waals surface area contributed by atoms with Gasteiger partial charge in [-0.2, -0.15) is 0 Å².